The minimum Gasteiger partial charge on any atom is -0.497 e. The van der Waals surface area contributed by atoms with Gasteiger partial charge in [-0.2, -0.15) is 0 Å². The minimum absolute atomic E-state index is 0.647. The summed E-state index contributed by atoms with van der Waals surface area (Å²) in [6, 6.07) is 10.0. The standard InChI is InChI=1S/C15H18N2OS/c1-18-13-8-4-7-12(9-13)17-15(19)10-14(16-17)11-5-2-3-6-11/h4,7-11,16H,2-3,5-6H2,1H3. The van der Waals surface area contributed by atoms with E-state index in [9.17, 15) is 0 Å². The molecule has 0 bridgehead atoms. The SMILES string of the molecule is COc1cccc(-n2[nH]c(C3CCCC3)cc2=S)c1. The van der Waals surface area contributed by atoms with E-state index in [0.717, 1.165) is 16.1 Å². The summed E-state index contributed by atoms with van der Waals surface area (Å²) >= 11 is 5.46. The number of hydrogen-bond acceptors (Lipinski definition) is 2. The van der Waals surface area contributed by atoms with Crippen LogP contribution in [-0.2, 0) is 0 Å². The van der Waals surface area contributed by atoms with Crippen molar-refractivity contribution in [3.63, 3.8) is 0 Å². The number of nitrogens with one attached hydrogen (secondary N) is 1. The molecule has 0 atom stereocenters. The number of H-pyrrole nitrogens is 1. The molecule has 4 heteroatoms. The third-order valence-electron chi connectivity index (χ3n) is 3.85. The van der Waals surface area contributed by atoms with E-state index in [1.807, 2.05) is 28.9 Å². The quantitative estimate of drug-likeness (QED) is 0.850. The average Bonchev–Trinajstić information content (AvgIpc) is 3.07. The Bertz CT molecular complexity index is 623. The van der Waals surface area contributed by atoms with Gasteiger partial charge in [0.2, 0.25) is 0 Å². The molecule has 1 aromatic heterocycles. The van der Waals surface area contributed by atoms with E-state index < -0.39 is 0 Å². The molecule has 100 valence electrons. The lowest BCUT2D eigenvalue weighted by atomic mass is 10.1. The first-order chi connectivity index (χ1) is 9.28. The van der Waals surface area contributed by atoms with Gasteiger partial charge in [-0.3, -0.25) is 5.10 Å². The van der Waals surface area contributed by atoms with Crippen molar-refractivity contribution in [1.82, 2.24) is 9.78 Å². The summed E-state index contributed by atoms with van der Waals surface area (Å²) in [5.74, 6) is 1.49. The van der Waals surface area contributed by atoms with Crippen LogP contribution in [0.5, 0.6) is 5.75 Å². The van der Waals surface area contributed by atoms with Gasteiger partial charge in [0.15, 0.2) is 0 Å². The molecule has 0 aliphatic heterocycles. The Morgan fingerprint density at radius 3 is 2.79 bits per heavy atom. The van der Waals surface area contributed by atoms with E-state index in [1.165, 1.54) is 31.4 Å². The van der Waals surface area contributed by atoms with E-state index >= 15 is 0 Å². The smallest absolute Gasteiger partial charge is 0.127 e. The molecule has 19 heavy (non-hydrogen) atoms. The van der Waals surface area contributed by atoms with E-state index in [4.69, 9.17) is 17.0 Å². The maximum Gasteiger partial charge on any atom is 0.127 e. The van der Waals surface area contributed by atoms with Gasteiger partial charge in [0.25, 0.3) is 0 Å². The summed E-state index contributed by atoms with van der Waals surface area (Å²) in [4.78, 5) is 0. The van der Waals surface area contributed by atoms with Crippen molar-refractivity contribution in [1.29, 1.82) is 0 Å². The molecule has 1 heterocycles. The highest BCUT2D eigenvalue weighted by atomic mass is 32.1. The number of hydrogen-bond donors (Lipinski definition) is 1. The van der Waals surface area contributed by atoms with Crippen LogP contribution in [0.15, 0.2) is 30.3 Å². The highest BCUT2D eigenvalue weighted by Crippen LogP contribution is 2.33. The van der Waals surface area contributed by atoms with Gasteiger partial charge < -0.3 is 4.74 Å². The molecule has 1 N–H and O–H groups in total. The Morgan fingerprint density at radius 1 is 1.26 bits per heavy atom. The second-order valence-electron chi connectivity index (χ2n) is 5.07. The van der Waals surface area contributed by atoms with Crippen LogP contribution in [0, 0.1) is 4.64 Å². The number of nitrogens with zero attached hydrogens (tertiary/aromatic N) is 1. The average molecular weight is 274 g/mol. The van der Waals surface area contributed by atoms with Crippen molar-refractivity contribution in [2.75, 3.05) is 7.11 Å². The van der Waals surface area contributed by atoms with Crippen LogP contribution in [0.2, 0.25) is 0 Å². The van der Waals surface area contributed by atoms with Crippen molar-refractivity contribution < 1.29 is 4.74 Å². The van der Waals surface area contributed by atoms with E-state index in [0.29, 0.717) is 5.92 Å². The van der Waals surface area contributed by atoms with Crippen LogP contribution >= 0.6 is 12.2 Å². The molecule has 0 radical (unpaired) electrons. The summed E-state index contributed by atoms with van der Waals surface area (Å²) < 4.78 is 8.05. The lowest BCUT2D eigenvalue weighted by Gasteiger charge is -2.08. The Hall–Kier alpha value is -1.55. The minimum atomic E-state index is 0.647. The first-order valence-corrected chi connectivity index (χ1v) is 7.15. The highest BCUT2D eigenvalue weighted by Gasteiger charge is 2.19. The molecule has 3 rings (SSSR count). The third kappa shape index (κ3) is 2.45. The van der Waals surface area contributed by atoms with Crippen LogP contribution in [0.25, 0.3) is 5.69 Å². The maximum absolute atomic E-state index is 5.46. The molecule has 3 nitrogen and oxygen atoms in total. The molecular formula is C15H18N2OS. The molecule has 1 saturated carbocycles. The molecule has 0 unspecified atom stereocenters. The molecule has 1 fully saturated rings. The fraction of sp³-hybridized carbons (Fsp3) is 0.400. The summed E-state index contributed by atoms with van der Waals surface area (Å²) in [5, 5.41) is 3.45. The van der Waals surface area contributed by atoms with Crippen LogP contribution in [-0.4, -0.2) is 16.9 Å². The molecule has 0 spiro atoms. The predicted octanol–water partition coefficient (Wildman–Crippen LogP) is 4.20. The first kappa shape index (κ1) is 12.5. The zero-order valence-electron chi connectivity index (χ0n) is 11.1. The van der Waals surface area contributed by atoms with E-state index in [-0.39, 0.29) is 0 Å². The van der Waals surface area contributed by atoms with Gasteiger partial charge in [-0.1, -0.05) is 31.1 Å². The van der Waals surface area contributed by atoms with Gasteiger partial charge in [0.1, 0.15) is 10.4 Å². The molecule has 0 amide bonds. The van der Waals surface area contributed by atoms with Crippen molar-refractivity contribution in [2.24, 2.45) is 0 Å². The third-order valence-corrected chi connectivity index (χ3v) is 4.15. The second-order valence-corrected chi connectivity index (χ2v) is 5.49. The number of rotatable bonds is 3. The van der Waals surface area contributed by atoms with Gasteiger partial charge in [0, 0.05) is 17.7 Å². The Balaban J connectivity index is 1.97. The highest BCUT2D eigenvalue weighted by molar-refractivity contribution is 7.71. The summed E-state index contributed by atoms with van der Waals surface area (Å²) in [6.07, 6.45) is 5.20. The molecular weight excluding hydrogens is 256 g/mol. The Labute approximate surface area is 118 Å². The van der Waals surface area contributed by atoms with Crippen LogP contribution < -0.4 is 4.74 Å². The second kappa shape index (κ2) is 5.21. The van der Waals surface area contributed by atoms with Crippen molar-refractivity contribution in [3.05, 3.63) is 40.7 Å². The van der Waals surface area contributed by atoms with Crippen LogP contribution in [0.1, 0.15) is 37.3 Å². The fourth-order valence-corrected chi connectivity index (χ4v) is 3.08. The first-order valence-electron chi connectivity index (χ1n) is 6.74. The number of aromatic amines is 1. The van der Waals surface area contributed by atoms with Gasteiger partial charge in [-0.25, -0.2) is 4.68 Å². The monoisotopic (exact) mass is 274 g/mol. The fourth-order valence-electron chi connectivity index (χ4n) is 2.80. The normalized spacial score (nSPS) is 15.8. The molecule has 1 aliphatic rings. The number of methoxy groups -OCH3 is 1. The molecule has 0 saturated heterocycles. The maximum atomic E-state index is 5.46. The van der Waals surface area contributed by atoms with Crippen LogP contribution in [0.4, 0.5) is 0 Å². The number of ether oxygens (including phenoxy) is 1. The predicted molar refractivity (Wildman–Crippen MR) is 78.7 cm³/mol. The van der Waals surface area contributed by atoms with Crippen molar-refractivity contribution in [3.8, 4) is 11.4 Å². The number of benzene rings is 1. The Kier molecular flexibility index (Phi) is 3.42. The summed E-state index contributed by atoms with van der Waals surface area (Å²) in [7, 11) is 1.68. The van der Waals surface area contributed by atoms with Gasteiger partial charge in [-0.05, 0) is 31.0 Å². The van der Waals surface area contributed by atoms with Gasteiger partial charge in [-0.15, -0.1) is 0 Å². The van der Waals surface area contributed by atoms with E-state index in [2.05, 4.69) is 11.2 Å². The summed E-state index contributed by atoms with van der Waals surface area (Å²) in [6.45, 7) is 0. The lowest BCUT2D eigenvalue weighted by molar-refractivity contribution is 0.414. The number of aromatic nitrogens is 2. The molecule has 1 aliphatic carbocycles. The molecule has 1 aromatic carbocycles. The van der Waals surface area contributed by atoms with E-state index in [1.54, 1.807) is 7.11 Å². The van der Waals surface area contributed by atoms with Crippen molar-refractivity contribution in [2.45, 2.75) is 31.6 Å². The van der Waals surface area contributed by atoms with Gasteiger partial charge >= 0.3 is 0 Å². The topological polar surface area (TPSA) is 29.9 Å². The van der Waals surface area contributed by atoms with Crippen LogP contribution in [0.3, 0.4) is 0 Å². The lowest BCUT2D eigenvalue weighted by Crippen LogP contribution is -1.99. The van der Waals surface area contributed by atoms with Crippen molar-refractivity contribution >= 4 is 12.2 Å². The largest absolute Gasteiger partial charge is 0.497 e. The summed E-state index contributed by atoms with van der Waals surface area (Å²) in [5.41, 5.74) is 2.29. The Morgan fingerprint density at radius 2 is 2.05 bits per heavy atom. The molecule has 2 aromatic rings. The zero-order valence-corrected chi connectivity index (χ0v) is 11.9. The van der Waals surface area contributed by atoms with Gasteiger partial charge in [0.05, 0.1) is 12.8 Å². The zero-order chi connectivity index (χ0) is 13.2.